The average Bonchev–Trinajstić information content (AvgIpc) is 2.67. The number of carbonyl (C=O) groups is 2. The fraction of sp³-hybridized carbons (Fsp3) is 0.263. The van der Waals surface area contributed by atoms with Gasteiger partial charge >= 0.3 is 11.7 Å². The predicted octanol–water partition coefficient (Wildman–Crippen LogP) is 0.639. The molecule has 0 bridgehead atoms. The molecule has 0 saturated heterocycles. The van der Waals surface area contributed by atoms with Gasteiger partial charge in [0.2, 0.25) is 0 Å². The number of anilines is 2. The van der Waals surface area contributed by atoms with Gasteiger partial charge < -0.3 is 15.4 Å². The molecule has 9 nitrogen and oxygen atoms in total. The van der Waals surface area contributed by atoms with Gasteiger partial charge in [0, 0.05) is 12.6 Å². The fourth-order valence-electron chi connectivity index (χ4n) is 2.62. The van der Waals surface area contributed by atoms with Crippen LogP contribution in [0.15, 0.2) is 52.1 Å². The van der Waals surface area contributed by atoms with Gasteiger partial charge in [-0.1, -0.05) is 36.4 Å². The zero-order valence-corrected chi connectivity index (χ0v) is 15.7. The maximum atomic E-state index is 12.5. The second-order valence-electron chi connectivity index (χ2n) is 5.81. The molecule has 2 rings (SSSR count). The Morgan fingerprint density at radius 2 is 1.93 bits per heavy atom. The summed E-state index contributed by atoms with van der Waals surface area (Å²) in [5.41, 5.74) is 5.24. The molecule has 1 aromatic carbocycles. The number of allylic oxidation sites excluding steroid dienone is 1. The number of esters is 1. The van der Waals surface area contributed by atoms with Gasteiger partial charge in [-0.2, -0.15) is 0 Å². The van der Waals surface area contributed by atoms with Gasteiger partial charge in [-0.05, 0) is 19.4 Å². The van der Waals surface area contributed by atoms with Crippen LogP contribution in [0.5, 0.6) is 0 Å². The summed E-state index contributed by atoms with van der Waals surface area (Å²) in [5, 5.41) is 0. The van der Waals surface area contributed by atoms with E-state index in [1.54, 1.807) is 26.0 Å². The monoisotopic (exact) mass is 386 g/mol. The van der Waals surface area contributed by atoms with E-state index in [-0.39, 0.29) is 24.6 Å². The van der Waals surface area contributed by atoms with Crippen molar-refractivity contribution in [2.45, 2.75) is 20.4 Å². The standard InChI is InChI=1S/C19H22N4O5/c1-3-8-15(25)28-12-14(24)22(4-2)16-17(20)23(19(27)21-18(16)26)11-13-9-6-5-7-10-13/h3,5-10H,4,11-12,20H2,1-2H3,(H,21,26,27)/b8-3+. The Labute approximate surface area is 161 Å². The number of aromatic amines is 1. The number of hydrogen-bond donors (Lipinski definition) is 2. The van der Waals surface area contributed by atoms with Gasteiger partial charge in [-0.3, -0.25) is 19.1 Å². The van der Waals surface area contributed by atoms with Crippen molar-refractivity contribution in [2.75, 3.05) is 23.8 Å². The first-order valence-electron chi connectivity index (χ1n) is 8.65. The maximum absolute atomic E-state index is 12.5. The summed E-state index contributed by atoms with van der Waals surface area (Å²) in [7, 11) is 0. The molecule has 0 spiro atoms. The zero-order valence-electron chi connectivity index (χ0n) is 15.7. The summed E-state index contributed by atoms with van der Waals surface area (Å²) in [5.74, 6) is -1.46. The molecule has 1 amide bonds. The van der Waals surface area contributed by atoms with Gasteiger partial charge in [0.05, 0.1) is 6.54 Å². The van der Waals surface area contributed by atoms with E-state index in [0.717, 1.165) is 10.5 Å². The van der Waals surface area contributed by atoms with E-state index in [1.807, 2.05) is 18.2 Å². The number of hydrogen-bond acceptors (Lipinski definition) is 6. The van der Waals surface area contributed by atoms with Crippen LogP contribution >= 0.6 is 0 Å². The van der Waals surface area contributed by atoms with E-state index < -0.39 is 29.7 Å². The molecule has 3 N–H and O–H groups in total. The molecule has 28 heavy (non-hydrogen) atoms. The van der Waals surface area contributed by atoms with Gasteiger partial charge in [0.1, 0.15) is 5.82 Å². The lowest BCUT2D eigenvalue weighted by molar-refractivity contribution is -0.142. The molecule has 0 aliphatic carbocycles. The number of nitrogens with one attached hydrogen (secondary N) is 1. The summed E-state index contributed by atoms with van der Waals surface area (Å²) in [4.78, 5) is 51.7. The first-order chi connectivity index (χ1) is 13.4. The van der Waals surface area contributed by atoms with E-state index in [0.29, 0.717) is 0 Å². The highest BCUT2D eigenvalue weighted by atomic mass is 16.5. The fourth-order valence-corrected chi connectivity index (χ4v) is 2.62. The minimum absolute atomic E-state index is 0.0941. The molecule has 148 valence electrons. The van der Waals surface area contributed by atoms with Gasteiger partial charge in [-0.25, -0.2) is 9.59 Å². The number of H-pyrrole nitrogens is 1. The number of amides is 1. The van der Waals surface area contributed by atoms with Crippen molar-refractivity contribution in [1.29, 1.82) is 0 Å². The number of nitrogens with zero attached hydrogens (tertiary/aromatic N) is 2. The summed E-state index contributed by atoms with van der Waals surface area (Å²) < 4.78 is 6.01. The van der Waals surface area contributed by atoms with Crippen molar-refractivity contribution in [2.24, 2.45) is 0 Å². The highest BCUT2D eigenvalue weighted by molar-refractivity contribution is 5.97. The van der Waals surface area contributed by atoms with E-state index in [1.165, 1.54) is 16.7 Å². The second-order valence-corrected chi connectivity index (χ2v) is 5.81. The van der Waals surface area contributed by atoms with Gasteiger partial charge in [-0.15, -0.1) is 0 Å². The number of aromatic nitrogens is 2. The third-order valence-electron chi connectivity index (χ3n) is 3.93. The highest BCUT2D eigenvalue weighted by Gasteiger charge is 2.23. The van der Waals surface area contributed by atoms with Crippen LogP contribution in [0.25, 0.3) is 0 Å². The van der Waals surface area contributed by atoms with Crippen molar-refractivity contribution < 1.29 is 14.3 Å². The van der Waals surface area contributed by atoms with Crippen LogP contribution in [-0.4, -0.2) is 34.6 Å². The summed E-state index contributed by atoms with van der Waals surface area (Å²) in [6.45, 7) is 2.93. The number of ether oxygens (including phenoxy) is 1. The molecule has 0 fully saturated rings. The molecule has 0 atom stereocenters. The van der Waals surface area contributed by atoms with Crippen LogP contribution in [0.4, 0.5) is 11.5 Å². The smallest absolute Gasteiger partial charge is 0.330 e. The summed E-state index contributed by atoms with van der Waals surface area (Å²) >= 11 is 0. The Hall–Kier alpha value is -3.62. The van der Waals surface area contributed by atoms with Crippen molar-refractivity contribution in [1.82, 2.24) is 9.55 Å². The number of nitrogens with two attached hydrogens (primary N) is 1. The molecular weight excluding hydrogens is 364 g/mol. The summed E-state index contributed by atoms with van der Waals surface area (Å²) in [6.07, 6.45) is 2.65. The number of likely N-dealkylation sites (N-methyl/N-ethyl adjacent to an activating group) is 1. The van der Waals surface area contributed by atoms with Crippen LogP contribution in [0, 0.1) is 0 Å². The van der Waals surface area contributed by atoms with Crippen LogP contribution in [0.1, 0.15) is 19.4 Å². The minimum Gasteiger partial charge on any atom is -0.452 e. The lowest BCUT2D eigenvalue weighted by Crippen LogP contribution is -2.42. The number of rotatable bonds is 7. The van der Waals surface area contributed by atoms with Crippen LogP contribution in [-0.2, 0) is 20.9 Å². The largest absolute Gasteiger partial charge is 0.452 e. The Morgan fingerprint density at radius 1 is 1.25 bits per heavy atom. The quantitative estimate of drug-likeness (QED) is 0.531. The molecule has 2 aromatic rings. The molecule has 0 radical (unpaired) electrons. The molecule has 0 saturated carbocycles. The molecule has 9 heteroatoms. The SMILES string of the molecule is C/C=C/C(=O)OCC(=O)N(CC)c1c(N)n(Cc2ccccc2)c(=O)[nH]c1=O. The Morgan fingerprint density at radius 3 is 2.54 bits per heavy atom. The van der Waals surface area contributed by atoms with Crippen LogP contribution in [0.3, 0.4) is 0 Å². The molecule has 1 heterocycles. The van der Waals surface area contributed by atoms with Crippen molar-refractivity contribution in [3.8, 4) is 0 Å². The predicted molar refractivity (Wildman–Crippen MR) is 105 cm³/mol. The first kappa shape index (κ1) is 20.7. The van der Waals surface area contributed by atoms with Crippen molar-refractivity contribution in [3.05, 3.63) is 68.9 Å². The van der Waals surface area contributed by atoms with Crippen molar-refractivity contribution in [3.63, 3.8) is 0 Å². The van der Waals surface area contributed by atoms with Gasteiger partial charge in [0.25, 0.3) is 11.5 Å². The molecule has 0 aliphatic rings. The van der Waals surface area contributed by atoms with Crippen molar-refractivity contribution >= 4 is 23.4 Å². The van der Waals surface area contributed by atoms with E-state index in [2.05, 4.69) is 4.98 Å². The molecule has 0 unspecified atom stereocenters. The molecular formula is C19H22N4O5. The van der Waals surface area contributed by atoms with Crippen LogP contribution in [0.2, 0.25) is 0 Å². The highest BCUT2D eigenvalue weighted by Crippen LogP contribution is 2.17. The normalized spacial score (nSPS) is 10.8. The Balaban J connectivity index is 2.38. The van der Waals surface area contributed by atoms with Gasteiger partial charge in [0.15, 0.2) is 12.3 Å². The lowest BCUT2D eigenvalue weighted by atomic mass is 10.2. The Bertz CT molecular complexity index is 992. The third kappa shape index (κ3) is 4.76. The molecule has 0 aliphatic heterocycles. The zero-order chi connectivity index (χ0) is 20.7. The van der Waals surface area contributed by atoms with E-state index in [9.17, 15) is 19.2 Å². The number of carbonyl (C=O) groups excluding carboxylic acids is 2. The number of benzene rings is 1. The topological polar surface area (TPSA) is 127 Å². The van der Waals surface area contributed by atoms with Crippen LogP contribution < -0.4 is 21.9 Å². The summed E-state index contributed by atoms with van der Waals surface area (Å²) in [6, 6.07) is 9.06. The number of nitrogen functional groups attached to an aromatic ring is 1. The Kier molecular flexibility index (Phi) is 6.91. The van der Waals surface area contributed by atoms with E-state index >= 15 is 0 Å². The third-order valence-corrected chi connectivity index (χ3v) is 3.93. The lowest BCUT2D eigenvalue weighted by Gasteiger charge is -2.23. The molecule has 1 aromatic heterocycles. The maximum Gasteiger partial charge on any atom is 0.330 e. The second kappa shape index (κ2) is 9.36. The average molecular weight is 386 g/mol. The van der Waals surface area contributed by atoms with E-state index in [4.69, 9.17) is 10.5 Å². The minimum atomic E-state index is -0.790. The first-order valence-corrected chi connectivity index (χ1v) is 8.65.